The Hall–Kier alpha value is -1.85. The van der Waals surface area contributed by atoms with E-state index in [1.807, 2.05) is 7.05 Å². The molecule has 18 heavy (non-hydrogen) atoms. The van der Waals surface area contributed by atoms with Crippen molar-refractivity contribution >= 4 is 22.8 Å². The van der Waals surface area contributed by atoms with E-state index >= 15 is 0 Å². The smallest absolute Gasteiger partial charge is 0.226 e. The van der Waals surface area contributed by atoms with E-state index in [-0.39, 0.29) is 0 Å². The van der Waals surface area contributed by atoms with Gasteiger partial charge in [-0.15, -0.1) is 0 Å². The largest absolute Gasteiger partial charge is 0.357 e. The first kappa shape index (κ1) is 11.3. The SMILES string of the molecule is CNc1nc(N2CC(C)CC2C)c2cn[nH]c2n1. The van der Waals surface area contributed by atoms with Crippen LogP contribution in [0.4, 0.5) is 11.8 Å². The molecule has 96 valence electrons. The zero-order chi connectivity index (χ0) is 12.7. The van der Waals surface area contributed by atoms with Crippen molar-refractivity contribution < 1.29 is 0 Å². The number of aromatic amines is 1. The molecule has 0 radical (unpaired) electrons. The van der Waals surface area contributed by atoms with Gasteiger partial charge in [0.05, 0.1) is 11.6 Å². The summed E-state index contributed by atoms with van der Waals surface area (Å²) in [5, 5.41) is 11.0. The fourth-order valence-electron chi connectivity index (χ4n) is 2.75. The average molecular weight is 246 g/mol. The number of aromatic nitrogens is 4. The number of fused-ring (bicyclic) bond motifs is 1. The van der Waals surface area contributed by atoms with Gasteiger partial charge in [-0.1, -0.05) is 6.92 Å². The van der Waals surface area contributed by atoms with Crippen molar-refractivity contribution in [3.05, 3.63) is 6.20 Å². The highest BCUT2D eigenvalue weighted by molar-refractivity contribution is 5.87. The maximum Gasteiger partial charge on any atom is 0.226 e. The lowest BCUT2D eigenvalue weighted by atomic mass is 10.1. The first-order valence-electron chi connectivity index (χ1n) is 6.34. The molecule has 1 fully saturated rings. The molecule has 2 atom stereocenters. The molecule has 0 aromatic carbocycles. The molecule has 2 aromatic heterocycles. The summed E-state index contributed by atoms with van der Waals surface area (Å²) in [4.78, 5) is 11.3. The van der Waals surface area contributed by atoms with Crippen LogP contribution < -0.4 is 10.2 Å². The zero-order valence-electron chi connectivity index (χ0n) is 10.9. The molecular weight excluding hydrogens is 228 g/mol. The maximum atomic E-state index is 4.60. The summed E-state index contributed by atoms with van der Waals surface area (Å²) in [7, 11) is 1.83. The summed E-state index contributed by atoms with van der Waals surface area (Å²) in [6.45, 7) is 5.57. The van der Waals surface area contributed by atoms with Crippen LogP contribution in [-0.4, -0.2) is 39.8 Å². The third-order valence-corrected chi connectivity index (χ3v) is 3.57. The molecule has 6 heteroatoms. The molecule has 0 aliphatic carbocycles. The second-order valence-electron chi connectivity index (χ2n) is 5.10. The van der Waals surface area contributed by atoms with Crippen LogP contribution in [0.3, 0.4) is 0 Å². The van der Waals surface area contributed by atoms with Gasteiger partial charge in [0.1, 0.15) is 5.82 Å². The third-order valence-electron chi connectivity index (χ3n) is 3.57. The Labute approximate surface area is 106 Å². The summed E-state index contributed by atoms with van der Waals surface area (Å²) < 4.78 is 0. The molecule has 1 aliphatic heterocycles. The average Bonchev–Trinajstić information content (AvgIpc) is 2.94. The van der Waals surface area contributed by atoms with Gasteiger partial charge in [0, 0.05) is 19.6 Å². The Bertz CT molecular complexity index is 563. The molecule has 3 heterocycles. The van der Waals surface area contributed by atoms with Crippen molar-refractivity contribution in [1.82, 2.24) is 20.2 Å². The summed E-state index contributed by atoms with van der Waals surface area (Å²) in [6, 6.07) is 0.512. The number of hydrogen-bond acceptors (Lipinski definition) is 5. The fraction of sp³-hybridized carbons (Fsp3) is 0.583. The van der Waals surface area contributed by atoms with Gasteiger partial charge < -0.3 is 10.2 Å². The normalized spacial score (nSPS) is 23.8. The molecule has 0 bridgehead atoms. The lowest BCUT2D eigenvalue weighted by molar-refractivity contribution is 0.625. The number of hydrogen-bond donors (Lipinski definition) is 2. The molecule has 0 spiro atoms. The highest BCUT2D eigenvalue weighted by atomic mass is 15.3. The van der Waals surface area contributed by atoms with Gasteiger partial charge in [0.25, 0.3) is 0 Å². The minimum atomic E-state index is 0.512. The second-order valence-corrected chi connectivity index (χ2v) is 5.10. The standard InChI is InChI=1S/C12H18N6/c1-7-4-8(2)18(6-7)11-9-5-14-17-10(9)15-12(13-3)16-11/h5,7-8H,4,6H2,1-3H3,(H2,13,14,15,16,17). The maximum absolute atomic E-state index is 4.60. The summed E-state index contributed by atoms with van der Waals surface area (Å²) in [5.74, 6) is 2.32. The molecule has 1 aliphatic rings. The molecule has 2 N–H and O–H groups in total. The van der Waals surface area contributed by atoms with Gasteiger partial charge in [0.2, 0.25) is 5.95 Å². The van der Waals surface area contributed by atoms with Gasteiger partial charge in [-0.2, -0.15) is 15.1 Å². The number of nitrogens with one attached hydrogen (secondary N) is 2. The van der Waals surface area contributed by atoms with E-state index in [0.717, 1.165) is 23.4 Å². The van der Waals surface area contributed by atoms with Crippen LogP contribution in [0.2, 0.25) is 0 Å². The van der Waals surface area contributed by atoms with E-state index < -0.39 is 0 Å². The van der Waals surface area contributed by atoms with E-state index in [1.54, 1.807) is 6.20 Å². The minimum absolute atomic E-state index is 0.512. The van der Waals surface area contributed by atoms with Crippen molar-refractivity contribution in [3.8, 4) is 0 Å². The second kappa shape index (κ2) is 4.12. The van der Waals surface area contributed by atoms with Crippen LogP contribution in [0, 0.1) is 5.92 Å². The van der Waals surface area contributed by atoms with E-state index in [1.165, 1.54) is 6.42 Å². The molecule has 2 unspecified atom stereocenters. The molecular formula is C12H18N6. The minimum Gasteiger partial charge on any atom is -0.357 e. The number of H-pyrrole nitrogens is 1. The van der Waals surface area contributed by atoms with Gasteiger partial charge >= 0.3 is 0 Å². The topological polar surface area (TPSA) is 69.7 Å². The molecule has 3 rings (SSSR count). The predicted molar refractivity (Wildman–Crippen MR) is 71.8 cm³/mol. The molecule has 0 saturated carbocycles. The Morgan fingerprint density at radius 1 is 1.39 bits per heavy atom. The Balaban J connectivity index is 2.12. The first-order valence-corrected chi connectivity index (χ1v) is 6.34. The van der Waals surface area contributed by atoms with E-state index in [2.05, 4.69) is 44.2 Å². The van der Waals surface area contributed by atoms with Crippen LogP contribution in [-0.2, 0) is 0 Å². The van der Waals surface area contributed by atoms with Crippen molar-refractivity contribution in [1.29, 1.82) is 0 Å². The van der Waals surface area contributed by atoms with E-state index in [9.17, 15) is 0 Å². The summed E-state index contributed by atoms with van der Waals surface area (Å²) >= 11 is 0. The predicted octanol–water partition coefficient (Wildman–Crippen LogP) is 1.63. The van der Waals surface area contributed by atoms with Gasteiger partial charge in [-0.05, 0) is 19.3 Å². The monoisotopic (exact) mass is 246 g/mol. The van der Waals surface area contributed by atoms with E-state index in [4.69, 9.17) is 0 Å². The number of nitrogens with zero attached hydrogens (tertiary/aromatic N) is 4. The van der Waals surface area contributed by atoms with Gasteiger partial charge in [-0.3, -0.25) is 5.10 Å². The van der Waals surface area contributed by atoms with Crippen molar-refractivity contribution in [2.45, 2.75) is 26.3 Å². The number of anilines is 2. The summed E-state index contributed by atoms with van der Waals surface area (Å²) in [6.07, 6.45) is 3.01. The van der Waals surface area contributed by atoms with Gasteiger partial charge in [0.15, 0.2) is 5.65 Å². The molecule has 0 amide bonds. The lowest BCUT2D eigenvalue weighted by Gasteiger charge is -2.23. The van der Waals surface area contributed by atoms with Crippen molar-refractivity contribution in [3.63, 3.8) is 0 Å². The van der Waals surface area contributed by atoms with E-state index in [0.29, 0.717) is 17.9 Å². The van der Waals surface area contributed by atoms with Crippen molar-refractivity contribution in [2.24, 2.45) is 5.92 Å². The highest BCUT2D eigenvalue weighted by Gasteiger charge is 2.29. The van der Waals surface area contributed by atoms with Crippen LogP contribution in [0.15, 0.2) is 6.20 Å². The Morgan fingerprint density at radius 2 is 2.22 bits per heavy atom. The molecule has 6 nitrogen and oxygen atoms in total. The number of rotatable bonds is 2. The highest BCUT2D eigenvalue weighted by Crippen LogP contribution is 2.32. The Morgan fingerprint density at radius 3 is 2.89 bits per heavy atom. The van der Waals surface area contributed by atoms with Crippen LogP contribution >= 0.6 is 0 Å². The molecule has 1 saturated heterocycles. The van der Waals surface area contributed by atoms with Crippen molar-refractivity contribution in [2.75, 3.05) is 23.8 Å². The quantitative estimate of drug-likeness (QED) is 0.842. The first-order chi connectivity index (χ1) is 8.69. The van der Waals surface area contributed by atoms with Gasteiger partial charge in [-0.25, -0.2) is 0 Å². The third kappa shape index (κ3) is 1.68. The van der Waals surface area contributed by atoms with Crippen LogP contribution in [0.1, 0.15) is 20.3 Å². The summed E-state index contributed by atoms with van der Waals surface area (Å²) in [5.41, 5.74) is 0.788. The van der Waals surface area contributed by atoms with Crippen LogP contribution in [0.25, 0.3) is 11.0 Å². The zero-order valence-corrected chi connectivity index (χ0v) is 10.9. The lowest BCUT2D eigenvalue weighted by Crippen LogP contribution is -2.28. The Kier molecular flexibility index (Phi) is 2.57. The van der Waals surface area contributed by atoms with Crippen LogP contribution in [0.5, 0.6) is 0 Å². The fourth-order valence-corrected chi connectivity index (χ4v) is 2.75. The molecule has 2 aromatic rings.